The number of hydrogen-bond acceptors (Lipinski definition) is 6. The summed E-state index contributed by atoms with van der Waals surface area (Å²) in [6.45, 7) is 5.84. The highest BCUT2D eigenvalue weighted by Crippen LogP contribution is 2.32. The second kappa shape index (κ2) is 5.22. The fourth-order valence-electron chi connectivity index (χ4n) is 2.75. The number of piperazine rings is 3. The second-order valence-corrected chi connectivity index (χ2v) is 5.66. The fourth-order valence-corrected chi connectivity index (χ4v) is 3.70. The van der Waals surface area contributed by atoms with Crippen LogP contribution in [0.25, 0.3) is 0 Å². The molecule has 0 N–H and O–H groups in total. The van der Waals surface area contributed by atoms with Crippen molar-refractivity contribution in [2.24, 2.45) is 0 Å². The van der Waals surface area contributed by atoms with Crippen LogP contribution in [0.3, 0.4) is 0 Å². The van der Waals surface area contributed by atoms with Gasteiger partial charge in [0.25, 0.3) is 0 Å². The summed E-state index contributed by atoms with van der Waals surface area (Å²) in [6.07, 6.45) is -0.342. The van der Waals surface area contributed by atoms with E-state index < -0.39 is 0 Å². The number of nitrogens with zero attached hydrogens (tertiary/aromatic N) is 3. The van der Waals surface area contributed by atoms with E-state index in [1.54, 1.807) is 25.6 Å². The van der Waals surface area contributed by atoms with Gasteiger partial charge in [0, 0.05) is 52.3 Å². The molecule has 4 rings (SSSR count). The number of fused-ring (bicyclic) bond motifs is 3. The van der Waals surface area contributed by atoms with Crippen molar-refractivity contribution in [1.29, 1.82) is 0 Å². The van der Waals surface area contributed by atoms with Gasteiger partial charge in [-0.05, 0) is 0 Å². The maximum absolute atomic E-state index is 5.25. The van der Waals surface area contributed by atoms with Crippen molar-refractivity contribution >= 4 is 11.3 Å². The molecule has 5 nitrogen and oxygen atoms in total. The van der Waals surface area contributed by atoms with Gasteiger partial charge in [0.05, 0.1) is 6.04 Å². The van der Waals surface area contributed by atoms with Gasteiger partial charge in [-0.25, -0.2) is 4.98 Å². The van der Waals surface area contributed by atoms with Crippen molar-refractivity contribution in [3.05, 3.63) is 16.1 Å². The molecule has 3 saturated heterocycles. The maximum Gasteiger partial charge on any atom is 0.201 e. The smallest absolute Gasteiger partial charge is 0.201 e. The van der Waals surface area contributed by atoms with Gasteiger partial charge >= 0.3 is 0 Å². The Morgan fingerprint density at radius 1 is 1.28 bits per heavy atom. The van der Waals surface area contributed by atoms with E-state index >= 15 is 0 Å². The molecule has 3 fully saturated rings. The molecule has 4 heterocycles. The first-order chi connectivity index (χ1) is 8.81. The fraction of sp³-hybridized carbons (Fsp3) is 0.750. The van der Waals surface area contributed by atoms with Gasteiger partial charge in [0.15, 0.2) is 0 Å². The predicted octanol–water partition coefficient (Wildman–Crippen LogP) is 1.11. The second-order valence-electron chi connectivity index (χ2n) is 4.77. The molecule has 3 aliphatic heterocycles. The standard InChI is InChI=1S/C12H19N3O2S/c1-16-12(17-2)9-8-18-11(13-9)10-7-14-3-5-15(10)6-4-14/h8,10,12H,3-7H2,1-2H3. The lowest BCUT2D eigenvalue weighted by Crippen LogP contribution is -2.56. The van der Waals surface area contributed by atoms with Crippen molar-refractivity contribution < 1.29 is 9.47 Å². The van der Waals surface area contributed by atoms with Crippen molar-refractivity contribution in [3.63, 3.8) is 0 Å². The topological polar surface area (TPSA) is 37.8 Å². The first-order valence-electron chi connectivity index (χ1n) is 6.29. The summed E-state index contributed by atoms with van der Waals surface area (Å²) in [7, 11) is 3.29. The molecule has 6 heteroatoms. The zero-order chi connectivity index (χ0) is 12.5. The van der Waals surface area contributed by atoms with Gasteiger partial charge < -0.3 is 9.47 Å². The molecular weight excluding hydrogens is 250 g/mol. The molecule has 1 atom stereocenters. The molecule has 3 aliphatic rings. The number of thiazole rings is 1. The van der Waals surface area contributed by atoms with Gasteiger partial charge in [-0.15, -0.1) is 11.3 Å². The lowest BCUT2D eigenvalue weighted by molar-refractivity contribution is -0.108. The third kappa shape index (κ3) is 2.19. The Hall–Kier alpha value is -0.530. The molecule has 2 bridgehead atoms. The summed E-state index contributed by atoms with van der Waals surface area (Å²) in [6, 6.07) is 0.459. The third-order valence-electron chi connectivity index (χ3n) is 3.77. The van der Waals surface area contributed by atoms with E-state index in [0.29, 0.717) is 6.04 Å². The predicted molar refractivity (Wildman–Crippen MR) is 69.6 cm³/mol. The van der Waals surface area contributed by atoms with E-state index in [4.69, 9.17) is 14.5 Å². The average Bonchev–Trinajstić information content (AvgIpc) is 2.91. The Labute approximate surface area is 111 Å². The minimum Gasteiger partial charge on any atom is -0.350 e. The van der Waals surface area contributed by atoms with E-state index in [-0.39, 0.29) is 6.29 Å². The van der Waals surface area contributed by atoms with Crippen molar-refractivity contribution in [1.82, 2.24) is 14.8 Å². The first kappa shape index (κ1) is 12.5. The molecule has 1 unspecified atom stereocenters. The van der Waals surface area contributed by atoms with Crippen LogP contribution in [-0.2, 0) is 9.47 Å². The van der Waals surface area contributed by atoms with Gasteiger partial charge in [-0.1, -0.05) is 0 Å². The molecule has 0 spiro atoms. The number of hydrogen-bond donors (Lipinski definition) is 0. The van der Waals surface area contributed by atoms with Crippen molar-refractivity contribution in [2.75, 3.05) is 46.9 Å². The summed E-state index contributed by atoms with van der Waals surface area (Å²) >= 11 is 1.72. The van der Waals surface area contributed by atoms with Crippen LogP contribution in [0.1, 0.15) is 23.0 Å². The summed E-state index contributed by atoms with van der Waals surface area (Å²) < 4.78 is 10.5. The Morgan fingerprint density at radius 2 is 2.00 bits per heavy atom. The molecule has 100 valence electrons. The summed E-state index contributed by atoms with van der Waals surface area (Å²) in [4.78, 5) is 9.76. The van der Waals surface area contributed by atoms with Crippen LogP contribution < -0.4 is 0 Å². The zero-order valence-electron chi connectivity index (χ0n) is 10.8. The molecule has 0 aromatic carbocycles. The van der Waals surface area contributed by atoms with Gasteiger partial charge in [-0.3, -0.25) is 9.80 Å². The van der Waals surface area contributed by atoms with Crippen LogP contribution in [0.5, 0.6) is 0 Å². The highest BCUT2D eigenvalue weighted by Gasteiger charge is 2.34. The quantitative estimate of drug-likeness (QED) is 0.765. The van der Waals surface area contributed by atoms with Crippen LogP contribution in [0.4, 0.5) is 0 Å². The summed E-state index contributed by atoms with van der Waals surface area (Å²) in [5, 5.41) is 3.24. The minimum absolute atomic E-state index is 0.342. The first-order valence-corrected chi connectivity index (χ1v) is 7.17. The van der Waals surface area contributed by atoms with E-state index in [1.807, 2.05) is 5.38 Å². The molecule has 1 aromatic heterocycles. The van der Waals surface area contributed by atoms with E-state index in [9.17, 15) is 0 Å². The number of ether oxygens (including phenoxy) is 2. The molecule has 0 aliphatic carbocycles. The molecule has 1 aromatic rings. The van der Waals surface area contributed by atoms with Crippen LogP contribution in [-0.4, -0.2) is 61.7 Å². The minimum atomic E-state index is -0.342. The Bertz CT molecular complexity index is 400. The van der Waals surface area contributed by atoms with Crippen molar-refractivity contribution in [2.45, 2.75) is 12.3 Å². The SMILES string of the molecule is COC(OC)c1csc(C2CN3CCN2CC3)n1. The van der Waals surface area contributed by atoms with E-state index in [0.717, 1.165) is 25.3 Å². The Kier molecular flexibility index (Phi) is 3.63. The van der Waals surface area contributed by atoms with Crippen LogP contribution in [0, 0.1) is 0 Å². The van der Waals surface area contributed by atoms with Crippen LogP contribution in [0.15, 0.2) is 5.38 Å². The van der Waals surface area contributed by atoms with Crippen LogP contribution in [0.2, 0.25) is 0 Å². The molecule has 0 radical (unpaired) electrons. The number of methoxy groups -OCH3 is 2. The van der Waals surface area contributed by atoms with Gasteiger partial charge in [-0.2, -0.15) is 0 Å². The highest BCUT2D eigenvalue weighted by molar-refractivity contribution is 7.09. The number of aromatic nitrogens is 1. The Balaban J connectivity index is 1.77. The molecule has 0 saturated carbocycles. The summed E-state index contributed by atoms with van der Waals surface area (Å²) in [5.74, 6) is 0. The highest BCUT2D eigenvalue weighted by atomic mass is 32.1. The summed E-state index contributed by atoms with van der Waals surface area (Å²) in [5.41, 5.74) is 0.887. The van der Waals surface area contributed by atoms with Crippen LogP contribution >= 0.6 is 11.3 Å². The van der Waals surface area contributed by atoms with Gasteiger partial charge in [0.2, 0.25) is 6.29 Å². The van der Waals surface area contributed by atoms with E-state index in [2.05, 4.69) is 9.80 Å². The van der Waals surface area contributed by atoms with Crippen molar-refractivity contribution in [3.8, 4) is 0 Å². The zero-order valence-corrected chi connectivity index (χ0v) is 11.7. The normalized spacial score (nSPS) is 31.2. The largest absolute Gasteiger partial charge is 0.350 e. The number of rotatable bonds is 4. The molecule has 0 amide bonds. The Morgan fingerprint density at radius 3 is 2.56 bits per heavy atom. The lowest BCUT2D eigenvalue weighted by Gasteiger charge is -2.46. The van der Waals surface area contributed by atoms with E-state index in [1.165, 1.54) is 18.1 Å². The molecular formula is C12H19N3O2S. The van der Waals surface area contributed by atoms with Gasteiger partial charge in [0.1, 0.15) is 10.7 Å². The lowest BCUT2D eigenvalue weighted by atomic mass is 10.1. The monoisotopic (exact) mass is 269 g/mol. The third-order valence-corrected chi connectivity index (χ3v) is 4.74. The maximum atomic E-state index is 5.25. The average molecular weight is 269 g/mol. The molecule has 18 heavy (non-hydrogen) atoms.